The second-order valence-corrected chi connectivity index (χ2v) is 6.95. The molecule has 0 bridgehead atoms. The molecule has 2 aromatic heterocycles. The Bertz CT molecular complexity index is 1180. The number of hydrogen-bond donors (Lipinski definition) is 2. The van der Waals surface area contributed by atoms with Crippen LogP contribution in [-0.4, -0.2) is 64.4 Å². The molecule has 1 fully saturated rings. The summed E-state index contributed by atoms with van der Waals surface area (Å²) in [5.41, 5.74) is 3.62. The summed E-state index contributed by atoms with van der Waals surface area (Å²) in [4.78, 5) is 23.7. The van der Waals surface area contributed by atoms with Crippen molar-refractivity contribution in [3.8, 4) is 5.75 Å². The van der Waals surface area contributed by atoms with E-state index in [9.17, 15) is 4.79 Å². The molecule has 1 aliphatic carbocycles. The zero-order chi connectivity index (χ0) is 20.5. The number of fused-ring (bicyclic) bond motifs is 1. The molecule has 2 N–H and O–H groups in total. The number of carbonyl (C=O) groups excluding carboxylic acids is 1. The van der Waals surface area contributed by atoms with Crippen molar-refractivity contribution in [2.75, 3.05) is 38.7 Å². The van der Waals surface area contributed by atoms with Crippen LogP contribution in [0.5, 0.6) is 5.75 Å². The number of H-pyrrole nitrogens is 1. The molecular weight excluding hydrogens is 384 g/mol. The van der Waals surface area contributed by atoms with Crippen LogP contribution in [0.15, 0.2) is 42.6 Å². The minimum atomic E-state index is -0.0351. The maximum Gasteiger partial charge on any atom is 0.254 e. The number of anilines is 2. The molecule has 5 rings (SSSR count). The molecule has 1 saturated heterocycles. The highest BCUT2D eigenvalue weighted by Gasteiger charge is 2.20. The number of methoxy groups -OCH3 is 1. The minimum Gasteiger partial charge on any atom is -0.495 e. The Balaban J connectivity index is 1.46. The number of rotatable bonds is 5. The lowest BCUT2D eigenvalue weighted by Gasteiger charge is -2.27. The molecule has 0 spiro atoms. The first-order valence-electron chi connectivity index (χ1n) is 9.65. The van der Waals surface area contributed by atoms with Gasteiger partial charge in [-0.15, -0.1) is 0 Å². The van der Waals surface area contributed by atoms with E-state index in [1.165, 1.54) is 0 Å². The Labute approximate surface area is 172 Å². The van der Waals surface area contributed by atoms with Gasteiger partial charge in [0.25, 0.3) is 5.91 Å². The van der Waals surface area contributed by atoms with Crippen LogP contribution in [0, 0.1) is 0 Å². The van der Waals surface area contributed by atoms with Crippen molar-refractivity contribution in [2.24, 2.45) is 0 Å². The molecule has 30 heavy (non-hydrogen) atoms. The van der Waals surface area contributed by atoms with Gasteiger partial charge in [0.1, 0.15) is 16.8 Å². The lowest BCUT2D eigenvalue weighted by molar-refractivity contribution is 0.0302. The van der Waals surface area contributed by atoms with Gasteiger partial charge in [0.2, 0.25) is 0 Å². The Hall–Kier alpha value is -3.72. The Kier molecular flexibility index (Phi) is 4.64. The molecule has 3 heterocycles. The number of aromatic nitrogens is 4. The van der Waals surface area contributed by atoms with E-state index in [-0.39, 0.29) is 5.91 Å². The maximum atomic E-state index is 12.8. The van der Waals surface area contributed by atoms with Crippen molar-refractivity contribution in [2.45, 2.75) is 0 Å². The fourth-order valence-electron chi connectivity index (χ4n) is 3.40. The van der Waals surface area contributed by atoms with Gasteiger partial charge >= 0.3 is 0 Å². The monoisotopic (exact) mass is 404 g/mol. The molecule has 2 aliphatic rings. The topological polar surface area (TPSA) is 105 Å². The predicted octanol–water partition coefficient (Wildman–Crippen LogP) is 2.53. The van der Waals surface area contributed by atoms with E-state index in [2.05, 4.69) is 25.5 Å². The van der Waals surface area contributed by atoms with E-state index in [0.717, 1.165) is 5.57 Å². The molecule has 1 aliphatic heterocycles. The zero-order valence-electron chi connectivity index (χ0n) is 16.4. The van der Waals surface area contributed by atoms with Gasteiger partial charge in [0, 0.05) is 24.2 Å². The van der Waals surface area contributed by atoms with E-state index in [1.54, 1.807) is 30.3 Å². The smallest absolute Gasteiger partial charge is 0.254 e. The molecule has 1 amide bonds. The number of morpholine rings is 1. The number of ether oxygens (including phenoxy) is 2. The summed E-state index contributed by atoms with van der Waals surface area (Å²) >= 11 is 0. The van der Waals surface area contributed by atoms with Crippen molar-refractivity contribution in [1.29, 1.82) is 0 Å². The summed E-state index contributed by atoms with van der Waals surface area (Å²) < 4.78 is 10.9. The second-order valence-electron chi connectivity index (χ2n) is 6.95. The Morgan fingerprint density at radius 3 is 2.83 bits per heavy atom. The van der Waals surface area contributed by atoms with Crippen molar-refractivity contribution in [3.05, 3.63) is 54.0 Å². The van der Waals surface area contributed by atoms with Gasteiger partial charge in [0.05, 0.1) is 32.2 Å². The first-order chi connectivity index (χ1) is 14.7. The first kappa shape index (κ1) is 18.3. The third-order valence-corrected chi connectivity index (χ3v) is 5.11. The van der Waals surface area contributed by atoms with Gasteiger partial charge in [-0.25, -0.2) is 9.97 Å². The van der Waals surface area contributed by atoms with Gasteiger partial charge in [-0.05, 0) is 18.2 Å². The highest BCUT2D eigenvalue weighted by molar-refractivity contribution is 5.96. The number of amides is 1. The van der Waals surface area contributed by atoms with Gasteiger partial charge in [-0.3, -0.25) is 9.89 Å². The summed E-state index contributed by atoms with van der Waals surface area (Å²) in [5.74, 6) is 1.71. The normalized spacial score (nSPS) is 15.6. The SMILES string of the molecule is COc1cc(C(=O)N2CCOCC2)ccc1Nc1nc(C2=CC=C2)nc2cn[nH]c12. The van der Waals surface area contributed by atoms with E-state index in [4.69, 9.17) is 9.47 Å². The van der Waals surface area contributed by atoms with Crippen molar-refractivity contribution < 1.29 is 14.3 Å². The van der Waals surface area contributed by atoms with Crippen LogP contribution in [0.25, 0.3) is 16.6 Å². The third-order valence-electron chi connectivity index (χ3n) is 5.11. The summed E-state index contributed by atoms with van der Waals surface area (Å²) in [7, 11) is 1.57. The molecular formula is C21H20N6O3. The van der Waals surface area contributed by atoms with Gasteiger partial charge in [-0.2, -0.15) is 5.10 Å². The van der Waals surface area contributed by atoms with Gasteiger partial charge < -0.3 is 19.7 Å². The number of carbonyl (C=O) groups is 1. The Morgan fingerprint density at radius 1 is 1.27 bits per heavy atom. The molecule has 0 atom stereocenters. The summed E-state index contributed by atoms with van der Waals surface area (Å²) in [6.45, 7) is 2.30. The van der Waals surface area contributed by atoms with Crippen LogP contribution in [-0.2, 0) is 4.74 Å². The second kappa shape index (κ2) is 7.60. The average molecular weight is 404 g/mol. The standard InChI is InChI=1S/C21H20N6O3/c1-29-17-11-14(21(28)27-7-9-30-10-8-27)5-6-15(17)23-20-18-16(12-22-26-18)24-19(25-20)13-3-2-4-13/h2-6,11-12H,7-10H2,1H3,(H,22,26)(H,23,24,25). The fraction of sp³-hybridized carbons (Fsp3) is 0.238. The zero-order valence-corrected chi connectivity index (χ0v) is 16.4. The Morgan fingerprint density at radius 2 is 2.10 bits per heavy atom. The van der Waals surface area contributed by atoms with E-state index >= 15 is 0 Å². The largest absolute Gasteiger partial charge is 0.495 e. The van der Waals surface area contributed by atoms with Crippen molar-refractivity contribution >= 4 is 34.0 Å². The van der Waals surface area contributed by atoms with Gasteiger partial charge in [-0.1, -0.05) is 18.2 Å². The number of hydrogen-bond acceptors (Lipinski definition) is 7. The molecule has 9 nitrogen and oxygen atoms in total. The molecule has 0 radical (unpaired) electrons. The van der Waals surface area contributed by atoms with Crippen LogP contribution < -0.4 is 10.1 Å². The molecule has 3 aromatic rings. The lowest BCUT2D eigenvalue weighted by atomic mass is 10.1. The molecule has 9 heteroatoms. The predicted molar refractivity (Wildman–Crippen MR) is 112 cm³/mol. The fourth-order valence-corrected chi connectivity index (χ4v) is 3.40. The number of aromatic amines is 1. The van der Waals surface area contributed by atoms with Crippen LogP contribution in [0.2, 0.25) is 0 Å². The average Bonchev–Trinajstić information content (AvgIpc) is 3.22. The number of allylic oxidation sites excluding steroid dienone is 4. The number of nitrogens with one attached hydrogen (secondary N) is 2. The minimum absolute atomic E-state index is 0.0351. The molecule has 0 unspecified atom stereocenters. The quantitative estimate of drug-likeness (QED) is 0.673. The van der Waals surface area contributed by atoms with Crippen LogP contribution in [0.1, 0.15) is 16.2 Å². The molecule has 1 aromatic carbocycles. The third kappa shape index (κ3) is 3.29. The van der Waals surface area contributed by atoms with E-state index in [0.29, 0.717) is 66.0 Å². The van der Waals surface area contributed by atoms with Crippen LogP contribution in [0.4, 0.5) is 11.5 Å². The summed E-state index contributed by atoms with van der Waals surface area (Å²) in [6.07, 6.45) is 7.52. The number of nitrogens with zero attached hydrogens (tertiary/aromatic N) is 4. The number of benzene rings is 1. The summed E-state index contributed by atoms with van der Waals surface area (Å²) in [5, 5.41) is 10.3. The highest BCUT2D eigenvalue weighted by Crippen LogP contribution is 2.32. The summed E-state index contributed by atoms with van der Waals surface area (Å²) in [6, 6.07) is 5.34. The van der Waals surface area contributed by atoms with Crippen LogP contribution in [0.3, 0.4) is 0 Å². The highest BCUT2D eigenvalue weighted by atomic mass is 16.5. The first-order valence-corrected chi connectivity index (χ1v) is 9.65. The van der Waals surface area contributed by atoms with E-state index in [1.807, 2.05) is 24.3 Å². The lowest BCUT2D eigenvalue weighted by Crippen LogP contribution is -2.40. The molecule has 152 valence electrons. The molecule has 0 saturated carbocycles. The van der Waals surface area contributed by atoms with Crippen LogP contribution >= 0.6 is 0 Å². The van der Waals surface area contributed by atoms with Crippen molar-refractivity contribution in [3.63, 3.8) is 0 Å². The van der Waals surface area contributed by atoms with Crippen molar-refractivity contribution in [1.82, 2.24) is 25.1 Å². The maximum absolute atomic E-state index is 12.8. The van der Waals surface area contributed by atoms with E-state index < -0.39 is 0 Å². The van der Waals surface area contributed by atoms with Gasteiger partial charge in [0.15, 0.2) is 11.6 Å².